The molecule has 0 spiro atoms. The molecule has 23 heavy (non-hydrogen) atoms. The normalized spacial score (nSPS) is 21.3. The molecule has 7 heteroatoms. The highest BCUT2D eigenvalue weighted by Crippen LogP contribution is 2.25. The van der Waals surface area contributed by atoms with Crippen LogP contribution in [0, 0.1) is 17.6 Å². The van der Waals surface area contributed by atoms with E-state index in [1.165, 1.54) is 6.07 Å². The van der Waals surface area contributed by atoms with E-state index >= 15 is 0 Å². The lowest BCUT2D eigenvalue weighted by molar-refractivity contribution is -0.143. The van der Waals surface area contributed by atoms with Crippen LogP contribution >= 0.6 is 0 Å². The number of hydrogen-bond acceptors (Lipinski definition) is 2. The largest absolute Gasteiger partial charge is 0.481 e. The molecule has 2 atom stereocenters. The number of aromatic amines is 1. The summed E-state index contributed by atoms with van der Waals surface area (Å²) < 4.78 is 26.9. The maximum Gasteiger partial charge on any atom is 0.308 e. The number of H-pyrrole nitrogens is 1. The average Bonchev–Trinajstić information content (AvgIpc) is 2.92. The van der Waals surface area contributed by atoms with Crippen molar-refractivity contribution in [2.45, 2.75) is 31.7 Å². The molecule has 1 fully saturated rings. The summed E-state index contributed by atoms with van der Waals surface area (Å²) in [5.41, 5.74) is 0.269. The van der Waals surface area contributed by atoms with Gasteiger partial charge in [0.1, 0.15) is 17.3 Å². The van der Waals surface area contributed by atoms with E-state index in [2.05, 4.69) is 10.3 Å². The van der Waals surface area contributed by atoms with Gasteiger partial charge in [0, 0.05) is 17.5 Å². The minimum absolute atomic E-state index is 0.0826. The van der Waals surface area contributed by atoms with Crippen molar-refractivity contribution in [2.24, 2.45) is 5.92 Å². The Kier molecular flexibility index (Phi) is 4.02. The smallest absolute Gasteiger partial charge is 0.308 e. The quantitative estimate of drug-likeness (QED) is 0.812. The summed E-state index contributed by atoms with van der Waals surface area (Å²) in [5, 5.41) is 12.0. The van der Waals surface area contributed by atoms with E-state index in [-0.39, 0.29) is 16.6 Å². The number of carbonyl (C=O) groups excluding carboxylic acids is 1. The van der Waals surface area contributed by atoms with Gasteiger partial charge < -0.3 is 15.4 Å². The number of aromatic nitrogens is 1. The first-order valence-electron chi connectivity index (χ1n) is 7.47. The highest BCUT2D eigenvalue weighted by molar-refractivity contribution is 5.98. The third kappa shape index (κ3) is 3.04. The SMILES string of the molecule is O=C(N[C@H]1CCCC[C@H]1C(=O)O)c1cc2c(F)cc(F)cc2[nH]1. The molecule has 1 saturated carbocycles. The van der Waals surface area contributed by atoms with E-state index in [0.717, 1.165) is 25.0 Å². The van der Waals surface area contributed by atoms with Crippen molar-refractivity contribution >= 4 is 22.8 Å². The number of benzene rings is 1. The van der Waals surface area contributed by atoms with Gasteiger partial charge in [-0.1, -0.05) is 12.8 Å². The lowest BCUT2D eigenvalue weighted by Crippen LogP contribution is -2.45. The van der Waals surface area contributed by atoms with Crippen LogP contribution in [0.25, 0.3) is 10.9 Å². The van der Waals surface area contributed by atoms with Crippen LogP contribution in [0.3, 0.4) is 0 Å². The monoisotopic (exact) mass is 322 g/mol. The molecule has 2 aromatic rings. The molecule has 1 aromatic heterocycles. The molecule has 1 amide bonds. The average molecular weight is 322 g/mol. The van der Waals surface area contributed by atoms with Crippen LogP contribution in [0.2, 0.25) is 0 Å². The maximum atomic E-state index is 13.7. The number of halogens is 2. The van der Waals surface area contributed by atoms with Crippen molar-refractivity contribution in [2.75, 3.05) is 0 Å². The van der Waals surface area contributed by atoms with Crippen LogP contribution in [0.1, 0.15) is 36.2 Å². The summed E-state index contributed by atoms with van der Waals surface area (Å²) in [4.78, 5) is 26.2. The van der Waals surface area contributed by atoms with E-state index < -0.39 is 35.5 Å². The van der Waals surface area contributed by atoms with Gasteiger partial charge in [-0.2, -0.15) is 0 Å². The molecule has 122 valence electrons. The number of carboxylic acid groups (broad SMARTS) is 1. The van der Waals surface area contributed by atoms with Gasteiger partial charge in [-0.25, -0.2) is 8.78 Å². The summed E-state index contributed by atoms with van der Waals surface area (Å²) in [7, 11) is 0. The predicted molar refractivity (Wildman–Crippen MR) is 79.1 cm³/mol. The van der Waals surface area contributed by atoms with Crippen LogP contribution in [0.5, 0.6) is 0 Å². The summed E-state index contributed by atoms with van der Waals surface area (Å²) >= 11 is 0. The number of aliphatic carboxylic acids is 1. The Balaban J connectivity index is 1.83. The molecule has 3 N–H and O–H groups in total. The number of nitrogens with one attached hydrogen (secondary N) is 2. The Morgan fingerprint density at radius 3 is 2.65 bits per heavy atom. The van der Waals surface area contributed by atoms with Gasteiger partial charge in [-0.05, 0) is 25.0 Å². The minimum atomic E-state index is -0.931. The molecule has 1 aromatic carbocycles. The molecule has 1 heterocycles. The van der Waals surface area contributed by atoms with Gasteiger partial charge >= 0.3 is 5.97 Å². The summed E-state index contributed by atoms with van der Waals surface area (Å²) in [6, 6.07) is 2.70. The third-order valence-corrected chi connectivity index (χ3v) is 4.30. The second-order valence-electron chi connectivity index (χ2n) is 5.84. The van der Waals surface area contributed by atoms with Crippen LogP contribution in [-0.2, 0) is 4.79 Å². The fourth-order valence-corrected chi connectivity index (χ4v) is 3.13. The fraction of sp³-hybridized carbons (Fsp3) is 0.375. The Labute approximate surface area is 130 Å². The standard InChI is InChI=1S/C16H16F2N2O3/c17-8-5-11(18)10-7-14(19-13(10)6-8)15(21)20-12-4-2-1-3-9(12)16(22)23/h5-7,9,12,19H,1-4H2,(H,20,21)(H,22,23)/t9-,12+/m1/s1. The highest BCUT2D eigenvalue weighted by Gasteiger charge is 2.32. The first-order chi connectivity index (χ1) is 11.0. The van der Waals surface area contributed by atoms with Gasteiger partial charge in [0.15, 0.2) is 0 Å². The van der Waals surface area contributed by atoms with Crippen LogP contribution in [0.15, 0.2) is 18.2 Å². The molecule has 0 bridgehead atoms. The Morgan fingerprint density at radius 2 is 1.91 bits per heavy atom. The molecular weight excluding hydrogens is 306 g/mol. The molecule has 5 nitrogen and oxygen atoms in total. The zero-order valence-corrected chi connectivity index (χ0v) is 12.2. The number of rotatable bonds is 3. The van der Waals surface area contributed by atoms with Gasteiger partial charge in [0.05, 0.1) is 11.4 Å². The lowest BCUT2D eigenvalue weighted by Gasteiger charge is -2.29. The van der Waals surface area contributed by atoms with Crippen molar-refractivity contribution in [1.29, 1.82) is 0 Å². The van der Waals surface area contributed by atoms with E-state index in [1.807, 2.05) is 0 Å². The molecule has 1 aliphatic carbocycles. The van der Waals surface area contributed by atoms with Crippen molar-refractivity contribution in [3.05, 3.63) is 35.5 Å². The first kappa shape index (κ1) is 15.5. The van der Waals surface area contributed by atoms with E-state index in [9.17, 15) is 23.5 Å². The zero-order chi connectivity index (χ0) is 16.6. The summed E-state index contributed by atoms with van der Waals surface area (Å²) in [6.45, 7) is 0. The summed E-state index contributed by atoms with van der Waals surface area (Å²) in [6.07, 6.45) is 2.78. The van der Waals surface area contributed by atoms with E-state index in [0.29, 0.717) is 12.8 Å². The van der Waals surface area contributed by atoms with Crippen LogP contribution < -0.4 is 5.32 Å². The zero-order valence-electron chi connectivity index (χ0n) is 12.2. The second-order valence-corrected chi connectivity index (χ2v) is 5.84. The molecule has 0 aliphatic heterocycles. The van der Waals surface area contributed by atoms with Crippen molar-refractivity contribution in [1.82, 2.24) is 10.3 Å². The van der Waals surface area contributed by atoms with Crippen molar-refractivity contribution in [3.63, 3.8) is 0 Å². The molecular formula is C16H16F2N2O3. The van der Waals surface area contributed by atoms with Crippen LogP contribution in [0.4, 0.5) is 8.78 Å². The molecule has 0 saturated heterocycles. The van der Waals surface area contributed by atoms with E-state index in [4.69, 9.17) is 0 Å². The van der Waals surface area contributed by atoms with Crippen molar-refractivity contribution < 1.29 is 23.5 Å². The second kappa shape index (κ2) is 5.98. The molecule has 1 aliphatic rings. The van der Waals surface area contributed by atoms with Crippen molar-refractivity contribution in [3.8, 4) is 0 Å². The number of hydrogen-bond donors (Lipinski definition) is 3. The Morgan fingerprint density at radius 1 is 1.17 bits per heavy atom. The fourth-order valence-electron chi connectivity index (χ4n) is 3.13. The molecule has 0 unspecified atom stereocenters. The predicted octanol–water partition coefficient (Wildman–Crippen LogP) is 2.82. The van der Waals surface area contributed by atoms with Gasteiger partial charge in [0.2, 0.25) is 0 Å². The minimum Gasteiger partial charge on any atom is -0.481 e. The maximum absolute atomic E-state index is 13.7. The number of carbonyl (C=O) groups is 2. The Bertz CT molecular complexity index is 772. The lowest BCUT2D eigenvalue weighted by atomic mass is 9.84. The topological polar surface area (TPSA) is 82.2 Å². The number of carboxylic acids is 1. The third-order valence-electron chi connectivity index (χ3n) is 4.30. The van der Waals surface area contributed by atoms with Gasteiger partial charge in [0.25, 0.3) is 5.91 Å². The number of fused-ring (bicyclic) bond motifs is 1. The van der Waals surface area contributed by atoms with Gasteiger partial charge in [-0.3, -0.25) is 9.59 Å². The highest BCUT2D eigenvalue weighted by atomic mass is 19.1. The Hall–Kier alpha value is -2.44. The van der Waals surface area contributed by atoms with Crippen LogP contribution in [-0.4, -0.2) is 28.0 Å². The number of amides is 1. The molecule has 3 rings (SSSR count). The first-order valence-corrected chi connectivity index (χ1v) is 7.47. The summed E-state index contributed by atoms with van der Waals surface area (Å²) in [5.74, 6) is -3.55. The molecule has 0 radical (unpaired) electrons. The van der Waals surface area contributed by atoms with E-state index in [1.54, 1.807) is 0 Å². The van der Waals surface area contributed by atoms with Gasteiger partial charge in [-0.15, -0.1) is 0 Å².